The normalized spacial score (nSPS) is 21.5. The molecular weight excluding hydrogens is 436 g/mol. The van der Waals surface area contributed by atoms with Gasteiger partial charge in [0.15, 0.2) is 0 Å². The van der Waals surface area contributed by atoms with E-state index in [1.54, 1.807) is 30.4 Å². The van der Waals surface area contributed by atoms with Crippen LogP contribution in [0, 0.1) is 5.92 Å². The van der Waals surface area contributed by atoms with E-state index in [0.717, 1.165) is 42.8 Å². The van der Waals surface area contributed by atoms with Crippen LogP contribution in [0.1, 0.15) is 44.6 Å². The topological polar surface area (TPSA) is 65.5 Å². The number of likely N-dealkylation sites (N-methyl/N-ethyl adjacent to an activating group) is 1. The Morgan fingerprint density at radius 3 is 2.39 bits per heavy atom. The van der Waals surface area contributed by atoms with E-state index in [-0.39, 0.29) is 35.7 Å². The molecule has 1 saturated carbocycles. The zero-order valence-corrected chi connectivity index (χ0v) is 20.8. The average molecular weight is 471 g/mol. The van der Waals surface area contributed by atoms with Crippen molar-refractivity contribution in [2.24, 2.45) is 5.92 Å². The summed E-state index contributed by atoms with van der Waals surface area (Å²) in [5.41, 5.74) is 2.08. The SMILES string of the molecule is CC(CC(=O)N(C)c1cccnc1)C(=O)NC1CCC(Cc2ccc(Cl)cc2)(N(C)C)CC1. The fourth-order valence-corrected chi connectivity index (χ4v) is 4.72. The third kappa shape index (κ3) is 6.55. The van der Waals surface area contributed by atoms with Crippen molar-refractivity contribution >= 4 is 29.1 Å². The molecule has 1 fully saturated rings. The number of aromatic nitrogens is 1. The molecule has 1 aromatic heterocycles. The largest absolute Gasteiger partial charge is 0.353 e. The van der Waals surface area contributed by atoms with Gasteiger partial charge in [-0.2, -0.15) is 0 Å². The third-order valence-corrected chi connectivity index (χ3v) is 7.25. The van der Waals surface area contributed by atoms with Gasteiger partial charge in [-0.15, -0.1) is 0 Å². The minimum Gasteiger partial charge on any atom is -0.353 e. The number of hydrogen-bond donors (Lipinski definition) is 1. The molecule has 6 nitrogen and oxygen atoms in total. The molecule has 1 aliphatic rings. The van der Waals surface area contributed by atoms with Crippen molar-refractivity contribution in [1.82, 2.24) is 15.2 Å². The van der Waals surface area contributed by atoms with Crippen molar-refractivity contribution < 1.29 is 9.59 Å². The van der Waals surface area contributed by atoms with Gasteiger partial charge in [-0.25, -0.2) is 0 Å². The highest BCUT2D eigenvalue weighted by molar-refractivity contribution is 6.30. The van der Waals surface area contributed by atoms with E-state index in [9.17, 15) is 9.59 Å². The van der Waals surface area contributed by atoms with Gasteiger partial charge in [0.1, 0.15) is 0 Å². The van der Waals surface area contributed by atoms with Crippen molar-refractivity contribution in [3.8, 4) is 0 Å². The van der Waals surface area contributed by atoms with E-state index >= 15 is 0 Å². The molecule has 1 atom stereocenters. The first-order valence-electron chi connectivity index (χ1n) is 11.6. The lowest BCUT2D eigenvalue weighted by Crippen LogP contribution is -2.52. The van der Waals surface area contributed by atoms with Crippen LogP contribution < -0.4 is 10.2 Å². The number of amides is 2. The molecule has 2 amide bonds. The molecule has 0 saturated heterocycles. The van der Waals surface area contributed by atoms with Gasteiger partial charge in [0.2, 0.25) is 11.8 Å². The van der Waals surface area contributed by atoms with Crippen LogP contribution in [0.4, 0.5) is 5.69 Å². The number of anilines is 1. The van der Waals surface area contributed by atoms with Crippen molar-refractivity contribution in [1.29, 1.82) is 0 Å². The first-order valence-corrected chi connectivity index (χ1v) is 12.0. The molecule has 0 radical (unpaired) electrons. The van der Waals surface area contributed by atoms with Crippen molar-refractivity contribution in [2.45, 2.75) is 57.0 Å². The molecule has 0 aliphatic heterocycles. The Morgan fingerprint density at radius 1 is 1.15 bits per heavy atom. The number of pyridine rings is 1. The predicted molar refractivity (Wildman–Crippen MR) is 133 cm³/mol. The fraction of sp³-hybridized carbons (Fsp3) is 0.500. The second-order valence-electron chi connectivity index (χ2n) is 9.47. The highest BCUT2D eigenvalue weighted by atomic mass is 35.5. The van der Waals surface area contributed by atoms with E-state index in [4.69, 9.17) is 11.6 Å². The maximum absolute atomic E-state index is 12.8. The summed E-state index contributed by atoms with van der Waals surface area (Å²) in [6.45, 7) is 1.82. The van der Waals surface area contributed by atoms with Gasteiger partial charge in [-0.1, -0.05) is 30.7 Å². The molecule has 1 N–H and O–H groups in total. The van der Waals surface area contributed by atoms with Crippen molar-refractivity contribution in [3.63, 3.8) is 0 Å². The molecule has 2 aromatic rings. The molecule has 1 heterocycles. The van der Waals surface area contributed by atoms with Crippen LogP contribution in [0.2, 0.25) is 5.02 Å². The standard InChI is InChI=1S/C26H35ClN4O2/c1-19(16-24(32)31(4)23-6-5-15-28-18-23)25(33)29-22-11-13-26(14-12-22,30(2)3)17-20-7-9-21(27)10-8-20/h5-10,15,18-19,22H,11-14,16-17H2,1-4H3,(H,29,33). The maximum Gasteiger partial charge on any atom is 0.227 e. The Bertz CT molecular complexity index is 925. The Balaban J connectivity index is 1.52. The monoisotopic (exact) mass is 470 g/mol. The molecule has 3 rings (SSSR count). The molecule has 1 aromatic carbocycles. The number of rotatable bonds is 8. The van der Waals surface area contributed by atoms with Gasteiger partial charge >= 0.3 is 0 Å². The van der Waals surface area contributed by atoms with Crippen LogP contribution in [0.15, 0.2) is 48.8 Å². The van der Waals surface area contributed by atoms with E-state index in [1.165, 1.54) is 5.56 Å². The average Bonchev–Trinajstić information content (AvgIpc) is 2.81. The minimum absolute atomic E-state index is 0.0528. The highest BCUT2D eigenvalue weighted by Gasteiger charge is 2.38. The predicted octanol–water partition coefficient (Wildman–Crippen LogP) is 4.33. The molecule has 1 unspecified atom stereocenters. The zero-order chi connectivity index (χ0) is 24.0. The summed E-state index contributed by atoms with van der Waals surface area (Å²) in [5, 5.41) is 3.95. The first kappa shape index (κ1) is 25.2. The molecule has 0 bridgehead atoms. The Kier molecular flexibility index (Phi) is 8.49. The number of carbonyl (C=O) groups excluding carboxylic acids is 2. The lowest BCUT2D eigenvalue weighted by Gasteiger charge is -2.45. The minimum atomic E-state index is -0.383. The number of halogens is 1. The van der Waals surface area contributed by atoms with E-state index < -0.39 is 0 Å². The Labute approximate surface area is 202 Å². The summed E-state index contributed by atoms with van der Waals surface area (Å²) < 4.78 is 0. The van der Waals surface area contributed by atoms with Crippen LogP contribution in [0.5, 0.6) is 0 Å². The van der Waals surface area contributed by atoms with Crippen LogP contribution in [0.25, 0.3) is 0 Å². The Hall–Kier alpha value is -2.44. The zero-order valence-electron chi connectivity index (χ0n) is 20.1. The number of hydrogen-bond acceptors (Lipinski definition) is 4. The summed E-state index contributed by atoms with van der Waals surface area (Å²) in [6.07, 6.45) is 8.30. The van der Waals surface area contributed by atoms with E-state index in [1.807, 2.05) is 25.1 Å². The molecular formula is C26H35ClN4O2. The van der Waals surface area contributed by atoms with Crippen LogP contribution in [-0.4, -0.2) is 54.4 Å². The lowest BCUT2D eigenvalue weighted by molar-refractivity contribution is -0.129. The number of benzene rings is 1. The van der Waals surface area contributed by atoms with E-state index in [2.05, 4.69) is 41.4 Å². The summed E-state index contributed by atoms with van der Waals surface area (Å²) in [5.74, 6) is -0.530. The number of nitrogens with zero attached hydrogens (tertiary/aromatic N) is 3. The maximum atomic E-state index is 12.8. The molecule has 178 valence electrons. The molecule has 7 heteroatoms. The fourth-order valence-electron chi connectivity index (χ4n) is 4.59. The summed E-state index contributed by atoms with van der Waals surface area (Å²) in [7, 11) is 6.00. The van der Waals surface area contributed by atoms with Crippen LogP contribution >= 0.6 is 11.6 Å². The van der Waals surface area contributed by atoms with Gasteiger partial charge in [0.05, 0.1) is 11.9 Å². The van der Waals surface area contributed by atoms with E-state index in [0.29, 0.717) is 0 Å². The smallest absolute Gasteiger partial charge is 0.227 e. The second-order valence-corrected chi connectivity index (χ2v) is 9.91. The van der Waals surface area contributed by atoms with Gasteiger partial charge < -0.3 is 15.1 Å². The summed E-state index contributed by atoms with van der Waals surface area (Å²) in [6, 6.07) is 11.9. The van der Waals surface area contributed by atoms with Crippen LogP contribution in [0.3, 0.4) is 0 Å². The lowest BCUT2D eigenvalue weighted by atomic mass is 9.74. The molecule has 33 heavy (non-hydrogen) atoms. The second kappa shape index (κ2) is 11.1. The number of carbonyl (C=O) groups is 2. The summed E-state index contributed by atoms with van der Waals surface area (Å²) in [4.78, 5) is 33.4. The first-order chi connectivity index (χ1) is 15.7. The third-order valence-electron chi connectivity index (χ3n) is 6.99. The molecule has 0 spiro atoms. The van der Waals surface area contributed by atoms with Crippen molar-refractivity contribution in [3.05, 3.63) is 59.4 Å². The number of nitrogens with one attached hydrogen (secondary N) is 1. The quantitative estimate of drug-likeness (QED) is 0.623. The van der Waals surface area contributed by atoms with Gasteiger partial charge in [-0.3, -0.25) is 14.6 Å². The highest BCUT2D eigenvalue weighted by Crippen LogP contribution is 2.35. The van der Waals surface area contributed by atoms with Crippen LogP contribution in [-0.2, 0) is 16.0 Å². The molecule has 1 aliphatic carbocycles. The van der Waals surface area contributed by atoms with Gasteiger partial charge in [0, 0.05) is 42.2 Å². The van der Waals surface area contributed by atoms with Gasteiger partial charge in [0.25, 0.3) is 0 Å². The van der Waals surface area contributed by atoms with Gasteiger partial charge in [-0.05, 0) is 76.0 Å². The van der Waals surface area contributed by atoms with Crippen molar-refractivity contribution in [2.75, 3.05) is 26.0 Å². The Morgan fingerprint density at radius 2 is 1.82 bits per heavy atom. The summed E-state index contributed by atoms with van der Waals surface area (Å²) >= 11 is 6.05.